The van der Waals surface area contributed by atoms with Crippen LogP contribution < -0.4 is 10.5 Å². The van der Waals surface area contributed by atoms with Gasteiger partial charge in [-0.2, -0.15) is 0 Å². The highest BCUT2D eigenvalue weighted by atomic mass is 16.3. The number of nitrogens with zero attached hydrogens (tertiary/aromatic N) is 3. The fourth-order valence-electron chi connectivity index (χ4n) is 4.87. The van der Waals surface area contributed by atoms with Gasteiger partial charge >= 0.3 is 0 Å². The molecule has 0 spiro atoms. The number of benzene rings is 2. The molecule has 1 aliphatic heterocycles. The number of para-hydroxylation sites is 1. The van der Waals surface area contributed by atoms with Gasteiger partial charge in [-0.25, -0.2) is 0 Å². The molecule has 6 rings (SSSR count). The minimum Gasteiger partial charge on any atom is -0.391 e. The Balaban J connectivity index is 1.39. The Bertz CT molecular complexity index is 1330. The van der Waals surface area contributed by atoms with Crippen LogP contribution in [0.1, 0.15) is 30.5 Å². The Morgan fingerprint density at radius 1 is 0.967 bits per heavy atom. The monoisotopic (exact) mass is 397 g/mol. The molecule has 30 heavy (non-hydrogen) atoms. The first-order valence-electron chi connectivity index (χ1n) is 10.6. The lowest BCUT2D eigenvalue weighted by atomic mass is 10.1. The van der Waals surface area contributed by atoms with Crippen molar-refractivity contribution in [1.29, 1.82) is 0 Å². The molecule has 2 aliphatic rings. The molecular formula is C25H23N3O2. The highest BCUT2D eigenvalue weighted by molar-refractivity contribution is 5.93. The highest BCUT2D eigenvalue weighted by Crippen LogP contribution is 2.50. The van der Waals surface area contributed by atoms with E-state index < -0.39 is 0 Å². The van der Waals surface area contributed by atoms with Gasteiger partial charge in [0.2, 0.25) is 0 Å². The van der Waals surface area contributed by atoms with E-state index in [4.69, 9.17) is 4.98 Å². The summed E-state index contributed by atoms with van der Waals surface area (Å²) in [5.74, 6) is 0.269. The summed E-state index contributed by atoms with van der Waals surface area (Å²) < 4.78 is 1.89. The number of rotatable bonds is 3. The molecule has 1 saturated heterocycles. The summed E-state index contributed by atoms with van der Waals surface area (Å²) in [6, 6.07) is 20.5. The molecule has 1 saturated carbocycles. The number of hydrogen-bond acceptors (Lipinski definition) is 4. The van der Waals surface area contributed by atoms with Crippen molar-refractivity contribution in [2.24, 2.45) is 0 Å². The highest BCUT2D eigenvalue weighted by Gasteiger charge is 2.42. The molecule has 1 N–H and O–H groups in total. The van der Waals surface area contributed by atoms with Gasteiger partial charge in [0.15, 0.2) is 0 Å². The molecule has 150 valence electrons. The first kappa shape index (κ1) is 17.7. The molecule has 1 aliphatic carbocycles. The smallest absolute Gasteiger partial charge is 0.260 e. The average molecular weight is 397 g/mol. The van der Waals surface area contributed by atoms with Crippen molar-refractivity contribution >= 4 is 27.4 Å². The average Bonchev–Trinajstić information content (AvgIpc) is 3.45. The number of aliphatic hydroxyl groups is 1. The number of pyridine rings is 2. The van der Waals surface area contributed by atoms with Crippen LogP contribution in [0.25, 0.3) is 21.7 Å². The molecule has 0 radical (unpaired) electrons. The van der Waals surface area contributed by atoms with Crippen molar-refractivity contribution in [1.82, 2.24) is 9.55 Å². The van der Waals surface area contributed by atoms with Gasteiger partial charge < -0.3 is 14.6 Å². The summed E-state index contributed by atoms with van der Waals surface area (Å²) in [7, 11) is 0. The van der Waals surface area contributed by atoms with Crippen LogP contribution in [0.2, 0.25) is 0 Å². The lowest BCUT2D eigenvalue weighted by molar-refractivity contribution is 0.198. The number of aliphatic hydroxyl groups excluding tert-OH is 1. The fourth-order valence-corrected chi connectivity index (χ4v) is 4.87. The van der Waals surface area contributed by atoms with Gasteiger partial charge in [-0.1, -0.05) is 36.4 Å². The Morgan fingerprint density at radius 3 is 2.70 bits per heavy atom. The maximum Gasteiger partial charge on any atom is 0.260 e. The molecule has 5 nitrogen and oxygen atoms in total. The first-order valence-corrected chi connectivity index (χ1v) is 10.6. The summed E-state index contributed by atoms with van der Waals surface area (Å²) >= 11 is 0. The van der Waals surface area contributed by atoms with Crippen LogP contribution in [0.3, 0.4) is 0 Å². The van der Waals surface area contributed by atoms with Crippen molar-refractivity contribution < 1.29 is 5.11 Å². The number of aromatic nitrogens is 2. The first-order chi connectivity index (χ1) is 14.7. The van der Waals surface area contributed by atoms with Gasteiger partial charge in [0, 0.05) is 42.3 Å². The summed E-state index contributed by atoms with van der Waals surface area (Å²) in [5.41, 5.74) is 3.05. The quantitative estimate of drug-likeness (QED) is 0.571. The zero-order valence-corrected chi connectivity index (χ0v) is 16.6. The summed E-state index contributed by atoms with van der Waals surface area (Å²) in [6.45, 7) is 1.36. The van der Waals surface area contributed by atoms with Crippen molar-refractivity contribution in [3.63, 3.8) is 0 Å². The van der Waals surface area contributed by atoms with Crippen molar-refractivity contribution in [2.75, 3.05) is 18.0 Å². The predicted molar refractivity (Wildman–Crippen MR) is 119 cm³/mol. The molecule has 2 fully saturated rings. The van der Waals surface area contributed by atoms with Crippen LogP contribution in [0, 0.1) is 0 Å². The summed E-state index contributed by atoms with van der Waals surface area (Å²) in [6.07, 6.45) is 3.29. The minimum atomic E-state index is -0.321. The standard InChI is InChI=1S/C25H23N3O2/c29-18-11-12-27(15-18)22-7-3-5-17-10-13-28(25(30)24(17)22)23-14-19(23)21-9-8-16-4-1-2-6-20(16)26-21/h1-10,13,18-19,23,29H,11-12,14-15H2/t18-,19-,23+/m0/s1. The Hall–Kier alpha value is -3.18. The van der Waals surface area contributed by atoms with E-state index in [2.05, 4.69) is 23.1 Å². The largest absolute Gasteiger partial charge is 0.391 e. The number of fused-ring (bicyclic) bond motifs is 2. The molecule has 3 atom stereocenters. The molecule has 2 aromatic heterocycles. The van der Waals surface area contributed by atoms with Gasteiger partial charge in [-0.3, -0.25) is 9.78 Å². The van der Waals surface area contributed by atoms with E-state index in [1.54, 1.807) is 0 Å². The zero-order valence-electron chi connectivity index (χ0n) is 16.6. The molecule has 0 amide bonds. The maximum atomic E-state index is 13.5. The number of β-amino-alcohol motifs (C(OH)–C–C–N with tert-alkyl or cyclic N) is 1. The maximum absolute atomic E-state index is 13.5. The van der Waals surface area contributed by atoms with Gasteiger partial charge in [0.05, 0.1) is 22.7 Å². The van der Waals surface area contributed by atoms with E-state index in [1.807, 2.05) is 53.2 Å². The summed E-state index contributed by atoms with van der Waals surface area (Å²) in [5, 5.41) is 12.8. The van der Waals surface area contributed by atoms with Crippen molar-refractivity contribution in [3.05, 3.63) is 82.9 Å². The number of anilines is 1. The van der Waals surface area contributed by atoms with E-state index >= 15 is 0 Å². The van der Waals surface area contributed by atoms with Gasteiger partial charge in [-0.15, -0.1) is 0 Å². The molecular weight excluding hydrogens is 374 g/mol. The van der Waals surface area contributed by atoms with Crippen LogP contribution in [-0.4, -0.2) is 33.9 Å². The summed E-state index contributed by atoms with van der Waals surface area (Å²) in [4.78, 5) is 20.5. The van der Waals surface area contributed by atoms with Crippen LogP contribution >= 0.6 is 0 Å². The second-order valence-electron chi connectivity index (χ2n) is 8.50. The second kappa shape index (κ2) is 6.67. The molecule has 2 aromatic carbocycles. The lowest BCUT2D eigenvalue weighted by Crippen LogP contribution is -2.25. The van der Waals surface area contributed by atoms with Gasteiger partial charge in [-0.05, 0) is 42.5 Å². The zero-order chi connectivity index (χ0) is 20.2. The SMILES string of the molecule is O=c1c2c(N3CC[C@H](O)C3)cccc2ccn1[C@@H]1C[C@H]1c1ccc2ccccc2n1. The minimum absolute atomic E-state index is 0.0535. The second-order valence-corrected chi connectivity index (χ2v) is 8.50. The van der Waals surface area contributed by atoms with Crippen LogP contribution in [0.15, 0.2) is 71.7 Å². The topological polar surface area (TPSA) is 58.4 Å². The molecule has 0 bridgehead atoms. The van der Waals surface area contributed by atoms with Gasteiger partial charge in [0.25, 0.3) is 5.56 Å². The Kier molecular flexibility index (Phi) is 3.93. The lowest BCUT2D eigenvalue weighted by Gasteiger charge is -2.20. The normalized spacial score (nSPS) is 23.4. The van der Waals surface area contributed by atoms with E-state index in [0.717, 1.165) is 52.4 Å². The van der Waals surface area contributed by atoms with Crippen LogP contribution in [-0.2, 0) is 0 Å². The van der Waals surface area contributed by atoms with Crippen molar-refractivity contribution in [2.45, 2.75) is 30.9 Å². The number of hydrogen-bond donors (Lipinski definition) is 1. The fraction of sp³-hybridized carbons (Fsp3) is 0.280. The molecule has 4 aromatic rings. The van der Waals surface area contributed by atoms with E-state index in [-0.39, 0.29) is 23.6 Å². The third-order valence-electron chi connectivity index (χ3n) is 6.56. The van der Waals surface area contributed by atoms with Gasteiger partial charge in [0.1, 0.15) is 0 Å². The molecule has 0 unspecified atom stereocenters. The van der Waals surface area contributed by atoms with Crippen molar-refractivity contribution in [3.8, 4) is 0 Å². The van der Waals surface area contributed by atoms with E-state index in [1.165, 1.54) is 0 Å². The molecule has 5 heteroatoms. The third-order valence-corrected chi connectivity index (χ3v) is 6.56. The van der Waals surface area contributed by atoms with E-state index in [9.17, 15) is 9.90 Å². The predicted octanol–water partition coefficient (Wildman–Crippen LogP) is 3.85. The van der Waals surface area contributed by atoms with E-state index in [0.29, 0.717) is 6.54 Å². The molecule has 3 heterocycles. The van der Waals surface area contributed by atoms with Crippen LogP contribution in [0.4, 0.5) is 5.69 Å². The third kappa shape index (κ3) is 2.81. The Labute approximate surface area is 174 Å². The van der Waals surface area contributed by atoms with Crippen LogP contribution in [0.5, 0.6) is 0 Å². The Morgan fingerprint density at radius 2 is 1.83 bits per heavy atom.